The molecular weight excluding hydrogens is 180 g/mol. The lowest BCUT2D eigenvalue weighted by Gasteiger charge is -2.17. The second-order valence-electron chi connectivity index (χ2n) is 4.41. The van der Waals surface area contributed by atoms with Crippen molar-refractivity contribution < 1.29 is 9.59 Å². The van der Waals surface area contributed by atoms with E-state index in [1.807, 2.05) is 6.92 Å². The summed E-state index contributed by atoms with van der Waals surface area (Å²) in [7, 11) is 0. The van der Waals surface area contributed by atoms with Gasteiger partial charge in [0.05, 0.1) is 11.8 Å². The standard InChI is InChI=1S/C10H16N2O2/c1-6(11)5-12-9(13)7-3-2-4-8(7)10(12)14/h6-8H,2-5,11H2,1H3/t6-,7?,8?/m1/s1. The van der Waals surface area contributed by atoms with Crippen LogP contribution in [-0.4, -0.2) is 29.3 Å². The molecular formula is C10H16N2O2. The minimum atomic E-state index is -0.123. The van der Waals surface area contributed by atoms with E-state index >= 15 is 0 Å². The first-order chi connectivity index (χ1) is 6.61. The Bertz CT molecular complexity index is 253. The van der Waals surface area contributed by atoms with Gasteiger partial charge in [0.1, 0.15) is 0 Å². The topological polar surface area (TPSA) is 63.4 Å². The number of carbonyl (C=O) groups excluding carboxylic acids is 2. The Labute approximate surface area is 83.4 Å². The third-order valence-corrected chi connectivity index (χ3v) is 3.15. The predicted octanol–water partition coefficient (Wildman–Crippen LogP) is 0.119. The van der Waals surface area contributed by atoms with E-state index < -0.39 is 0 Å². The predicted molar refractivity (Wildman–Crippen MR) is 51.2 cm³/mol. The number of imide groups is 1. The molecule has 0 aromatic rings. The highest BCUT2D eigenvalue weighted by atomic mass is 16.2. The fraction of sp³-hybridized carbons (Fsp3) is 0.800. The molecule has 1 saturated heterocycles. The third-order valence-electron chi connectivity index (χ3n) is 3.15. The van der Waals surface area contributed by atoms with Crippen LogP contribution in [0, 0.1) is 11.8 Å². The highest BCUT2D eigenvalue weighted by Crippen LogP contribution is 2.39. The lowest BCUT2D eigenvalue weighted by Crippen LogP contribution is -2.40. The van der Waals surface area contributed by atoms with Crippen molar-refractivity contribution in [2.24, 2.45) is 17.6 Å². The zero-order valence-electron chi connectivity index (χ0n) is 8.40. The van der Waals surface area contributed by atoms with Gasteiger partial charge in [-0.05, 0) is 19.8 Å². The van der Waals surface area contributed by atoms with Crippen LogP contribution in [-0.2, 0) is 9.59 Å². The molecule has 3 atom stereocenters. The molecule has 2 amide bonds. The maximum atomic E-state index is 11.8. The maximum absolute atomic E-state index is 11.8. The monoisotopic (exact) mass is 196 g/mol. The van der Waals surface area contributed by atoms with Crippen LogP contribution in [0.3, 0.4) is 0 Å². The molecule has 1 saturated carbocycles. The number of amides is 2. The smallest absolute Gasteiger partial charge is 0.233 e. The maximum Gasteiger partial charge on any atom is 0.233 e. The summed E-state index contributed by atoms with van der Waals surface area (Å²) in [5, 5.41) is 0. The molecule has 0 bridgehead atoms. The van der Waals surface area contributed by atoms with Crippen LogP contribution in [0.25, 0.3) is 0 Å². The highest BCUT2D eigenvalue weighted by Gasteiger charge is 2.49. The molecule has 2 rings (SSSR count). The highest BCUT2D eigenvalue weighted by molar-refractivity contribution is 6.05. The molecule has 4 nitrogen and oxygen atoms in total. The summed E-state index contributed by atoms with van der Waals surface area (Å²) in [6.45, 7) is 2.19. The summed E-state index contributed by atoms with van der Waals surface area (Å²) in [6, 6.07) is -0.123. The number of nitrogens with zero attached hydrogens (tertiary/aromatic N) is 1. The number of rotatable bonds is 2. The SMILES string of the molecule is C[C@@H](N)CN1C(=O)C2CCCC2C1=O. The van der Waals surface area contributed by atoms with Crippen LogP contribution in [0.15, 0.2) is 0 Å². The van der Waals surface area contributed by atoms with Crippen molar-refractivity contribution in [1.82, 2.24) is 4.90 Å². The van der Waals surface area contributed by atoms with E-state index in [0.717, 1.165) is 19.3 Å². The summed E-state index contributed by atoms with van der Waals surface area (Å²) in [4.78, 5) is 24.9. The van der Waals surface area contributed by atoms with E-state index in [-0.39, 0.29) is 29.7 Å². The molecule has 2 fully saturated rings. The minimum Gasteiger partial charge on any atom is -0.326 e. The molecule has 2 aliphatic rings. The average Bonchev–Trinajstić information content (AvgIpc) is 2.65. The fourth-order valence-electron chi connectivity index (χ4n) is 2.53. The number of hydrogen-bond acceptors (Lipinski definition) is 3. The van der Waals surface area contributed by atoms with Crippen LogP contribution >= 0.6 is 0 Å². The Morgan fingerprint density at radius 3 is 2.29 bits per heavy atom. The van der Waals surface area contributed by atoms with E-state index in [9.17, 15) is 9.59 Å². The van der Waals surface area contributed by atoms with Gasteiger partial charge in [-0.15, -0.1) is 0 Å². The van der Waals surface area contributed by atoms with Gasteiger partial charge in [-0.1, -0.05) is 6.42 Å². The molecule has 0 spiro atoms. The van der Waals surface area contributed by atoms with Gasteiger partial charge in [0, 0.05) is 12.6 Å². The van der Waals surface area contributed by atoms with Crippen LogP contribution < -0.4 is 5.73 Å². The van der Waals surface area contributed by atoms with Gasteiger partial charge in [-0.3, -0.25) is 14.5 Å². The summed E-state index contributed by atoms with van der Waals surface area (Å²) in [5.41, 5.74) is 5.60. The molecule has 1 aliphatic heterocycles. The van der Waals surface area contributed by atoms with Gasteiger partial charge in [-0.2, -0.15) is 0 Å². The van der Waals surface area contributed by atoms with Gasteiger partial charge < -0.3 is 5.73 Å². The van der Waals surface area contributed by atoms with Crippen LogP contribution in [0.4, 0.5) is 0 Å². The summed E-state index contributed by atoms with van der Waals surface area (Å²) >= 11 is 0. The van der Waals surface area contributed by atoms with E-state index in [1.165, 1.54) is 4.90 Å². The molecule has 0 aromatic carbocycles. The quantitative estimate of drug-likeness (QED) is 0.638. The van der Waals surface area contributed by atoms with Crippen LogP contribution in [0.1, 0.15) is 26.2 Å². The molecule has 1 heterocycles. The van der Waals surface area contributed by atoms with Gasteiger partial charge >= 0.3 is 0 Å². The van der Waals surface area contributed by atoms with E-state index in [0.29, 0.717) is 6.54 Å². The lowest BCUT2D eigenvalue weighted by atomic mass is 10.00. The summed E-state index contributed by atoms with van der Waals surface area (Å²) < 4.78 is 0. The molecule has 2 N–H and O–H groups in total. The van der Waals surface area contributed by atoms with Crippen molar-refractivity contribution in [2.75, 3.05) is 6.54 Å². The second-order valence-corrected chi connectivity index (χ2v) is 4.41. The molecule has 78 valence electrons. The van der Waals surface area contributed by atoms with Crippen molar-refractivity contribution in [3.8, 4) is 0 Å². The van der Waals surface area contributed by atoms with E-state index in [4.69, 9.17) is 5.73 Å². The van der Waals surface area contributed by atoms with Gasteiger partial charge in [0.25, 0.3) is 0 Å². The molecule has 0 radical (unpaired) electrons. The summed E-state index contributed by atoms with van der Waals surface area (Å²) in [5.74, 6) is -0.0351. The van der Waals surface area contributed by atoms with Crippen molar-refractivity contribution in [2.45, 2.75) is 32.2 Å². The Balaban J connectivity index is 2.13. The van der Waals surface area contributed by atoms with Gasteiger partial charge in [0.2, 0.25) is 11.8 Å². The molecule has 14 heavy (non-hydrogen) atoms. The van der Waals surface area contributed by atoms with E-state index in [2.05, 4.69) is 0 Å². The number of carbonyl (C=O) groups is 2. The van der Waals surface area contributed by atoms with E-state index in [1.54, 1.807) is 0 Å². The number of fused-ring (bicyclic) bond motifs is 1. The molecule has 1 aliphatic carbocycles. The van der Waals surface area contributed by atoms with Crippen molar-refractivity contribution in [1.29, 1.82) is 0 Å². The Hall–Kier alpha value is -0.900. The molecule has 2 unspecified atom stereocenters. The second kappa shape index (κ2) is 3.35. The lowest BCUT2D eigenvalue weighted by molar-refractivity contribution is -0.140. The van der Waals surface area contributed by atoms with Crippen LogP contribution in [0.2, 0.25) is 0 Å². The first-order valence-corrected chi connectivity index (χ1v) is 5.22. The van der Waals surface area contributed by atoms with Crippen molar-refractivity contribution in [3.05, 3.63) is 0 Å². The zero-order valence-corrected chi connectivity index (χ0v) is 8.40. The average molecular weight is 196 g/mol. The molecule has 4 heteroatoms. The zero-order chi connectivity index (χ0) is 10.3. The van der Waals surface area contributed by atoms with Crippen molar-refractivity contribution >= 4 is 11.8 Å². The molecule has 0 aromatic heterocycles. The Morgan fingerprint density at radius 1 is 1.36 bits per heavy atom. The Morgan fingerprint density at radius 2 is 1.86 bits per heavy atom. The largest absolute Gasteiger partial charge is 0.326 e. The Kier molecular flexibility index (Phi) is 2.31. The fourth-order valence-corrected chi connectivity index (χ4v) is 2.53. The number of nitrogens with two attached hydrogens (primary N) is 1. The summed E-state index contributed by atoms with van der Waals surface area (Å²) in [6.07, 6.45) is 2.77. The number of likely N-dealkylation sites (tertiary alicyclic amines) is 1. The number of hydrogen-bond donors (Lipinski definition) is 1. The first-order valence-electron chi connectivity index (χ1n) is 5.22. The van der Waals surface area contributed by atoms with Gasteiger partial charge in [-0.25, -0.2) is 0 Å². The van der Waals surface area contributed by atoms with Crippen molar-refractivity contribution in [3.63, 3.8) is 0 Å². The van der Waals surface area contributed by atoms with Gasteiger partial charge in [0.15, 0.2) is 0 Å². The third kappa shape index (κ3) is 1.34. The minimum absolute atomic E-state index is 0.00907. The normalized spacial score (nSPS) is 33.7. The van der Waals surface area contributed by atoms with Crippen LogP contribution in [0.5, 0.6) is 0 Å². The first kappa shape index (κ1) is 9.65.